The van der Waals surface area contributed by atoms with E-state index in [0.717, 1.165) is 18.2 Å². The standard InChI is InChI=1S/C11H10F2N4O2/c12-7-3-4-9(13)8(6-7)11-14-15-16-17(11)5-1-2-10(18)19/h3-4,6H,1-2,5H2,(H,18,19). The zero-order valence-corrected chi connectivity index (χ0v) is 9.75. The van der Waals surface area contributed by atoms with Crippen LogP contribution in [0.3, 0.4) is 0 Å². The monoisotopic (exact) mass is 268 g/mol. The lowest BCUT2D eigenvalue weighted by molar-refractivity contribution is -0.137. The molecule has 1 N–H and O–H groups in total. The molecule has 0 atom stereocenters. The van der Waals surface area contributed by atoms with E-state index < -0.39 is 17.6 Å². The van der Waals surface area contributed by atoms with Crippen LogP contribution >= 0.6 is 0 Å². The number of carbonyl (C=O) groups is 1. The fraction of sp³-hybridized carbons (Fsp3) is 0.273. The molecule has 19 heavy (non-hydrogen) atoms. The quantitative estimate of drug-likeness (QED) is 0.888. The fourth-order valence-corrected chi connectivity index (χ4v) is 1.60. The summed E-state index contributed by atoms with van der Waals surface area (Å²) in [7, 11) is 0. The number of hydrogen-bond donors (Lipinski definition) is 1. The van der Waals surface area contributed by atoms with Gasteiger partial charge in [0.1, 0.15) is 11.6 Å². The van der Waals surface area contributed by atoms with Gasteiger partial charge in [0.2, 0.25) is 0 Å². The van der Waals surface area contributed by atoms with Crippen LogP contribution in [0.25, 0.3) is 11.4 Å². The van der Waals surface area contributed by atoms with Gasteiger partial charge in [0, 0.05) is 13.0 Å². The Bertz CT molecular complexity index is 600. The number of benzene rings is 1. The van der Waals surface area contributed by atoms with E-state index in [1.807, 2.05) is 0 Å². The van der Waals surface area contributed by atoms with Gasteiger partial charge < -0.3 is 5.11 Å². The smallest absolute Gasteiger partial charge is 0.303 e. The Balaban J connectivity index is 2.23. The minimum Gasteiger partial charge on any atom is -0.481 e. The van der Waals surface area contributed by atoms with Crippen LogP contribution in [-0.4, -0.2) is 31.3 Å². The lowest BCUT2D eigenvalue weighted by Crippen LogP contribution is -2.06. The molecular formula is C11H10F2N4O2. The molecule has 0 bridgehead atoms. The number of aryl methyl sites for hydroxylation is 1. The van der Waals surface area contributed by atoms with Gasteiger partial charge in [0.25, 0.3) is 0 Å². The van der Waals surface area contributed by atoms with Crippen LogP contribution in [0.1, 0.15) is 12.8 Å². The Morgan fingerprint density at radius 2 is 2.16 bits per heavy atom. The minimum absolute atomic E-state index is 0.0507. The topological polar surface area (TPSA) is 80.9 Å². The number of rotatable bonds is 5. The Morgan fingerprint density at radius 1 is 1.37 bits per heavy atom. The van der Waals surface area contributed by atoms with Gasteiger partial charge >= 0.3 is 5.97 Å². The summed E-state index contributed by atoms with van der Waals surface area (Å²) in [5, 5.41) is 19.2. The van der Waals surface area contributed by atoms with Crippen molar-refractivity contribution in [2.75, 3.05) is 0 Å². The summed E-state index contributed by atoms with van der Waals surface area (Å²) in [5.74, 6) is -2.11. The number of halogens is 2. The molecular weight excluding hydrogens is 258 g/mol. The zero-order chi connectivity index (χ0) is 13.8. The molecule has 1 aromatic carbocycles. The third kappa shape index (κ3) is 3.09. The molecule has 8 heteroatoms. The molecule has 0 amide bonds. The SMILES string of the molecule is O=C(O)CCCn1nnnc1-c1cc(F)ccc1F. The summed E-state index contributed by atoms with van der Waals surface area (Å²) in [6, 6.07) is 2.98. The minimum atomic E-state index is -0.938. The predicted octanol–water partition coefficient (Wildman–Crippen LogP) is 1.48. The molecule has 0 radical (unpaired) electrons. The van der Waals surface area contributed by atoms with Crippen molar-refractivity contribution in [1.82, 2.24) is 20.2 Å². The highest BCUT2D eigenvalue weighted by Crippen LogP contribution is 2.21. The Labute approximate surface area is 106 Å². The van der Waals surface area contributed by atoms with Crippen LogP contribution in [0.2, 0.25) is 0 Å². The number of nitrogens with zero attached hydrogens (tertiary/aromatic N) is 4. The van der Waals surface area contributed by atoms with Crippen LogP contribution in [0.15, 0.2) is 18.2 Å². The van der Waals surface area contributed by atoms with Crippen molar-refractivity contribution in [3.05, 3.63) is 29.8 Å². The Kier molecular flexibility index (Phi) is 3.79. The van der Waals surface area contributed by atoms with Gasteiger partial charge in [-0.25, -0.2) is 13.5 Å². The molecule has 0 saturated carbocycles. The van der Waals surface area contributed by atoms with Crippen LogP contribution in [0.4, 0.5) is 8.78 Å². The van der Waals surface area contributed by atoms with Gasteiger partial charge in [-0.05, 0) is 35.0 Å². The summed E-state index contributed by atoms with van der Waals surface area (Å²) >= 11 is 0. The summed E-state index contributed by atoms with van der Waals surface area (Å²) in [6.07, 6.45) is 0.245. The summed E-state index contributed by atoms with van der Waals surface area (Å²) in [6.45, 7) is 0.213. The molecule has 2 aromatic rings. The number of hydrogen-bond acceptors (Lipinski definition) is 4. The van der Waals surface area contributed by atoms with E-state index >= 15 is 0 Å². The second-order valence-electron chi connectivity index (χ2n) is 3.85. The second-order valence-corrected chi connectivity index (χ2v) is 3.85. The van der Waals surface area contributed by atoms with Crippen molar-refractivity contribution < 1.29 is 18.7 Å². The predicted molar refractivity (Wildman–Crippen MR) is 60.0 cm³/mol. The molecule has 0 spiro atoms. The Morgan fingerprint density at radius 3 is 2.89 bits per heavy atom. The van der Waals surface area contributed by atoms with Crippen LogP contribution < -0.4 is 0 Å². The highest BCUT2D eigenvalue weighted by atomic mass is 19.1. The van der Waals surface area contributed by atoms with Gasteiger partial charge in [-0.2, -0.15) is 0 Å². The van der Waals surface area contributed by atoms with Gasteiger partial charge in [0.15, 0.2) is 5.82 Å². The van der Waals surface area contributed by atoms with E-state index in [1.165, 1.54) is 4.68 Å². The molecule has 0 fully saturated rings. The molecule has 0 aliphatic rings. The maximum atomic E-state index is 13.6. The Hall–Kier alpha value is -2.38. The van der Waals surface area contributed by atoms with E-state index in [-0.39, 0.29) is 24.4 Å². The lowest BCUT2D eigenvalue weighted by atomic mass is 10.2. The van der Waals surface area contributed by atoms with Crippen molar-refractivity contribution >= 4 is 5.97 Å². The van der Waals surface area contributed by atoms with E-state index in [0.29, 0.717) is 6.42 Å². The average molecular weight is 268 g/mol. The highest BCUT2D eigenvalue weighted by molar-refractivity contribution is 5.66. The van der Waals surface area contributed by atoms with Gasteiger partial charge in [0.05, 0.1) is 5.56 Å². The fourth-order valence-electron chi connectivity index (χ4n) is 1.60. The summed E-state index contributed by atoms with van der Waals surface area (Å²) < 4.78 is 28.0. The van der Waals surface area contributed by atoms with E-state index in [2.05, 4.69) is 15.5 Å². The number of aliphatic carboxylic acids is 1. The average Bonchev–Trinajstić information content (AvgIpc) is 2.80. The molecule has 6 nitrogen and oxygen atoms in total. The van der Waals surface area contributed by atoms with E-state index in [9.17, 15) is 13.6 Å². The maximum absolute atomic E-state index is 13.6. The first-order chi connectivity index (χ1) is 9.08. The van der Waals surface area contributed by atoms with Gasteiger partial charge in [-0.3, -0.25) is 4.79 Å². The van der Waals surface area contributed by atoms with Crippen LogP contribution in [0.5, 0.6) is 0 Å². The van der Waals surface area contributed by atoms with Crippen LogP contribution in [0, 0.1) is 11.6 Å². The van der Waals surface area contributed by atoms with Gasteiger partial charge in [-0.1, -0.05) is 0 Å². The molecule has 0 saturated heterocycles. The first kappa shape index (κ1) is 13.1. The lowest BCUT2D eigenvalue weighted by Gasteiger charge is -2.04. The molecule has 2 rings (SSSR count). The van der Waals surface area contributed by atoms with Crippen molar-refractivity contribution in [1.29, 1.82) is 0 Å². The number of carboxylic acids is 1. The maximum Gasteiger partial charge on any atom is 0.303 e. The third-order valence-corrected chi connectivity index (χ3v) is 2.46. The number of tetrazole rings is 1. The third-order valence-electron chi connectivity index (χ3n) is 2.46. The first-order valence-electron chi connectivity index (χ1n) is 5.51. The zero-order valence-electron chi connectivity index (χ0n) is 9.75. The molecule has 100 valence electrons. The largest absolute Gasteiger partial charge is 0.481 e. The molecule has 1 heterocycles. The molecule has 0 aliphatic carbocycles. The van der Waals surface area contributed by atoms with E-state index in [1.54, 1.807) is 0 Å². The molecule has 0 aliphatic heterocycles. The highest BCUT2D eigenvalue weighted by Gasteiger charge is 2.14. The van der Waals surface area contributed by atoms with Crippen molar-refractivity contribution in [2.45, 2.75) is 19.4 Å². The van der Waals surface area contributed by atoms with Crippen LogP contribution in [-0.2, 0) is 11.3 Å². The second kappa shape index (κ2) is 5.51. The summed E-state index contributed by atoms with van der Waals surface area (Å²) in [5.41, 5.74) is -0.0553. The summed E-state index contributed by atoms with van der Waals surface area (Å²) in [4.78, 5) is 10.4. The number of carboxylic acid groups (broad SMARTS) is 1. The van der Waals surface area contributed by atoms with Gasteiger partial charge in [-0.15, -0.1) is 5.10 Å². The number of aromatic nitrogens is 4. The van der Waals surface area contributed by atoms with Crippen molar-refractivity contribution in [2.24, 2.45) is 0 Å². The van der Waals surface area contributed by atoms with Crippen molar-refractivity contribution in [3.8, 4) is 11.4 Å². The molecule has 0 unspecified atom stereocenters. The normalized spacial score (nSPS) is 10.6. The van der Waals surface area contributed by atoms with E-state index in [4.69, 9.17) is 5.11 Å². The first-order valence-corrected chi connectivity index (χ1v) is 5.51. The van der Waals surface area contributed by atoms with Crippen molar-refractivity contribution in [3.63, 3.8) is 0 Å². The molecule has 1 aromatic heterocycles.